The van der Waals surface area contributed by atoms with E-state index in [1.807, 2.05) is 19.9 Å². The van der Waals surface area contributed by atoms with Crippen LogP contribution >= 0.6 is 11.3 Å². The van der Waals surface area contributed by atoms with Crippen molar-refractivity contribution >= 4 is 11.3 Å². The average Bonchev–Trinajstić information content (AvgIpc) is 2.71. The third kappa shape index (κ3) is 3.27. The lowest BCUT2D eigenvalue weighted by atomic mass is 10.0. The monoisotopic (exact) mass is 317 g/mol. The molecule has 6 heteroatoms. The van der Waals surface area contributed by atoms with Gasteiger partial charge in [-0.15, -0.1) is 11.3 Å². The summed E-state index contributed by atoms with van der Waals surface area (Å²) >= 11 is 1.52. The zero-order valence-corrected chi connectivity index (χ0v) is 12.6. The number of aryl methyl sites for hydroxylation is 2. The Morgan fingerprint density at radius 1 is 1.14 bits per heavy atom. The van der Waals surface area contributed by atoms with Gasteiger partial charge in [0, 0.05) is 9.75 Å². The second kappa shape index (κ2) is 5.77. The normalized spacial score (nSPS) is 13.5. The molecule has 1 aromatic heterocycles. The van der Waals surface area contributed by atoms with Gasteiger partial charge >= 0.3 is 6.18 Å². The van der Waals surface area contributed by atoms with Gasteiger partial charge in [-0.3, -0.25) is 0 Å². The molecular formula is C15H15F4NS. The summed E-state index contributed by atoms with van der Waals surface area (Å²) in [5.74, 6) is -1.25. The lowest BCUT2D eigenvalue weighted by Gasteiger charge is -2.17. The molecule has 2 rings (SSSR count). The molecule has 0 radical (unpaired) electrons. The Kier molecular flexibility index (Phi) is 4.39. The molecule has 0 amide bonds. The summed E-state index contributed by atoms with van der Waals surface area (Å²) in [7, 11) is 1.67. The Labute approximate surface area is 124 Å². The summed E-state index contributed by atoms with van der Waals surface area (Å²) < 4.78 is 51.8. The number of thiophene rings is 1. The maximum atomic E-state index is 13.4. The first kappa shape index (κ1) is 16.0. The van der Waals surface area contributed by atoms with Crippen molar-refractivity contribution in [1.82, 2.24) is 5.32 Å². The second-order valence-corrected chi connectivity index (χ2v) is 6.13. The van der Waals surface area contributed by atoms with Gasteiger partial charge in [0.1, 0.15) is 5.82 Å². The molecular weight excluding hydrogens is 302 g/mol. The molecule has 1 unspecified atom stereocenters. The summed E-state index contributed by atoms with van der Waals surface area (Å²) in [4.78, 5) is 2.02. The molecule has 1 atom stereocenters. The summed E-state index contributed by atoms with van der Waals surface area (Å²) in [5.41, 5.74) is 0.256. The van der Waals surface area contributed by atoms with E-state index in [1.165, 1.54) is 17.4 Å². The molecule has 1 aromatic carbocycles. The van der Waals surface area contributed by atoms with Crippen molar-refractivity contribution in [2.75, 3.05) is 7.05 Å². The fourth-order valence-corrected chi connectivity index (χ4v) is 3.34. The highest BCUT2D eigenvalue weighted by molar-refractivity contribution is 7.12. The predicted molar refractivity (Wildman–Crippen MR) is 76.1 cm³/mol. The highest BCUT2D eigenvalue weighted by Crippen LogP contribution is 2.36. The van der Waals surface area contributed by atoms with Gasteiger partial charge in [0.15, 0.2) is 0 Å². The Morgan fingerprint density at radius 3 is 2.29 bits per heavy atom. The molecule has 0 aliphatic heterocycles. The second-order valence-electron chi connectivity index (χ2n) is 4.85. The first-order valence-corrected chi connectivity index (χ1v) is 7.16. The lowest BCUT2D eigenvalue weighted by Crippen LogP contribution is -2.18. The van der Waals surface area contributed by atoms with Crippen LogP contribution in [-0.2, 0) is 6.18 Å². The van der Waals surface area contributed by atoms with E-state index in [2.05, 4.69) is 5.32 Å². The van der Waals surface area contributed by atoms with Crippen LogP contribution in [0.25, 0.3) is 0 Å². The molecule has 0 aliphatic rings. The fraction of sp³-hybridized carbons (Fsp3) is 0.333. The van der Waals surface area contributed by atoms with Gasteiger partial charge in [-0.25, -0.2) is 4.39 Å². The van der Waals surface area contributed by atoms with Crippen LogP contribution in [0.2, 0.25) is 0 Å². The number of benzene rings is 1. The first-order chi connectivity index (χ1) is 9.74. The zero-order chi connectivity index (χ0) is 15.8. The SMILES string of the molecule is CNC(c1ccc(F)c(C(F)(F)F)c1)c1cc(C)c(C)s1. The van der Waals surface area contributed by atoms with Gasteiger partial charge in [-0.05, 0) is 50.2 Å². The number of rotatable bonds is 3. The van der Waals surface area contributed by atoms with Crippen LogP contribution in [0.15, 0.2) is 24.3 Å². The van der Waals surface area contributed by atoms with Crippen LogP contribution < -0.4 is 5.32 Å². The van der Waals surface area contributed by atoms with Crippen molar-refractivity contribution in [1.29, 1.82) is 0 Å². The number of hydrogen-bond donors (Lipinski definition) is 1. The van der Waals surface area contributed by atoms with Crippen LogP contribution in [0.3, 0.4) is 0 Å². The van der Waals surface area contributed by atoms with Crippen molar-refractivity contribution in [2.45, 2.75) is 26.1 Å². The molecule has 1 N–H and O–H groups in total. The maximum Gasteiger partial charge on any atom is 0.419 e. The van der Waals surface area contributed by atoms with Crippen molar-refractivity contribution < 1.29 is 17.6 Å². The summed E-state index contributed by atoms with van der Waals surface area (Å²) in [6, 6.07) is 4.69. The van der Waals surface area contributed by atoms with E-state index in [0.29, 0.717) is 5.56 Å². The minimum Gasteiger partial charge on any atom is -0.309 e. The molecule has 114 valence electrons. The van der Waals surface area contributed by atoms with E-state index in [-0.39, 0.29) is 6.04 Å². The Morgan fingerprint density at radius 2 is 1.81 bits per heavy atom. The van der Waals surface area contributed by atoms with Gasteiger partial charge < -0.3 is 5.32 Å². The van der Waals surface area contributed by atoms with Crippen LogP contribution in [0.4, 0.5) is 17.6 Å². The molecule has 0 saturated heterocycles. The van der Waals surface area contributed by atoms with Crippen molar-refractivity contribution in [3.05, 3.63) is 56.5 Å². The summed E-state index contributed by atoms with van der Waals surface area (Å²) in [6.45, 7) is 3.91. The van der Waals surface area contributed by atoms with E-state index in [1.54, 1.807) is 7.05 Å². The van der Waals surface area contributed by atoms with Crippen molar-refractivity contribution in [3.63, 3.8) is 0 Å². The summed E-state index contributed by atoms with van der Waals surface area (Å²) in [6.07, 6.45) is -4.69. The van der Waals surface area contributed by atoms with E-state index >= 15 is 0 Å². The van der Waals surface area contributed by atoms with Gasteiger partial charge in [-0.1, -0.05) is 6.07 Å². The van der Waals surface area contributed by atoms with E-state index in [4.69, 9.17) is 0 Å². The van der Waals surface area contributed by atoms with Gasteiger partial charge in [-0.2, -0.15) is 13.2 Å². The Balaban J connectivity index is 2.48. The molecule has 1 nitrogen and oxygen atoms in total. The topological polar surface area (TPSA) is 12.0 Å². The highest BCUT2D eigenvalue weighted by atomic mass is 32.1. The number of halogens is 4. The largest absolute Gasteiger partial charge is 0.419 e. The van der Waals surface area contributed by atoms with E-state index in [0.717, 1.165) is 27.5 Å². The Hall–Kier alpha value is -1.40. The quantitative estimate of drug-likeness (QED) is 0.799. The third-order valence-electron chi connectivity index (χ3n) is 3.39. The molecule has 0 saturated carbocycles. The maximum absolute atomic E-state index is 13.4. The molecule has 0 bridgehead atoms. The fourth-order valence-electron chi connectivity index (χ4n) is 2.16. The number of nitrogens with one attached hydrogen (secondary N) is 1. The Bertz CT molecular complexity index is 626. The van der Waals surface area contributed by atoms with Gasteiger partial charge in [0.25, 0.3) is 0 Å². The molecule has 1 heterocycles. The van der Waals surface area contributed by atoms with Crippen LogP contribution in [-0.4, -0.2) is 7.05 Å². The lowest BCUT2D eigenvalue weighted by molar-refractivity contribution is -0.140. The molecule has 21 heavy (non-hydrogen) atoms. The third-order valence-corrected chi connectivity index (χ3v) is 4.60. The van der Waals surface area contributed by atoms with E-state index in [9.17, 15) is 17.6 Å². The first-order valence-electron chi connectivity index (χ1n) is 6.35. The molecule has 0 spiro atoms. The van der Waals surface area contributed by atoms with Crippen LogP contribution in [0, 0.1) is 19.7 Å². The smallest absolute Gasteiger partial charge is 0.309 e. The minimum absolute atomic E-state index is 0.385. The highest BCUT2D eigenvalue weighted by Gasteiger charge is 2.34. The van der Waals surface area contributed by atoms with Crippen LogP contribution in [0.1, 0.15) is 32.5 Å². The van der Waals surface area contributed by atoms with Crippen molar-refractivity contribution in [2.24, 2.45) is 0 Å². The standard InChI is InChI=1S/C15H15F4NS/c1-8-6-13(21-9(8)2)14(20-3)10-4-5-12(16)11(7-10)15(17,18)19/h4-7,14,20H,1-3H3. The number of alkyl halides is 3. The minimum atomic E-state index is -4.69. The molecule has 2 aromatic rings. The molecule has 0 aliphatic carbocycles. The summed E-state index contributed by atoms with van der Waals surface area (Å²) in [5, 5.41) is 2.99. The van der Waals surface area contributed by atoms with Gasteiger partial charge in [0.2, 0.25) is 0 Å². The number of hydrogen-bond acceptors (Lipinski definition) is 2. The van der Waals surface area contributed by atoms with Crippen molar-refractivity contribution in [3.8, 4) is 0 Å². The van der Waals surface area contributed by atoms with E-state index < -0.39 is 17.6 Å². The van der Waals surface area contributed by atoms with Crippen LogP contribution in [0.5, 0.6) is 0 Å². The zero-order valence-electron chi connectivity index (χ0n) is 11.8. The van der Waals surface area contributed by atoms with Gasteiger partial charge in [0.05, 0.1) is 11.6 Å². The average molecular weight is 317 g/mol. The molecule has 0 fully saturated rings. The predicted octanol–water partition coefficient (Wildman–Crippen LogP) is 4.83.